The van der Waals surface area contributed by atoms with E-state index in [4.69, 9.17) is 4.74 Å². The zero-order valence-corrected chi connectivity index (χ0v) is 13.1. The molecule has 1 N–H and O–H groups in total. The van der Waals surface area contributed by atoms with Crippen molar-refractivity contribution in [2.24, 2.45) is 0 Å². The molecule has 1 amide bonds. The Morgan fingerprint density at radius 1 is 1.20 bits per heavy atom. The molecule has 6 heteroatoms. The van der Waals surface area contributed by atoms with Gasteiger partial charge in [-0.3, -0.25) is 9.59 Å². The van der Waals surface area contributed by atoms with Gasteiger partial charge in [0, 0.05) is 5.54 Å². The number of thiophene rings is 1. The van der Waals surface area contributed by atoms with Crippen LogP contribution in [0.15, 0.2) is 12.1 Å². The Hall–Kier alpha value is -1.69. The van der Waals surface area contributed by atoms with Gasteiger partial charge in [-0.05, 0) is 46.8 Å². The average Bonchev–Trinajstić information content (AvgIpc) is 2.75. The number of ether oxygens (including phenoxy) is 1. The lowest BCUT2D eigenvalue weighted by molar-refractivity contribution is -0.130. The van der Waals surface area contributed by atoms with Gasteiger partial charge in [0.15, 0.2) is 11.9 Å². The quantitative estimate of drug-likeness (QED) is 0.684. The maximum atomic E-state index is 11.9. The van der Waals surface area contributed by atoms with E-state index in [0.717, 1.165) is 11.3 Å². The summed E-state index contributed by atoms with van der Waals surface area (Å²) in [6.07, 6.45) is -0.885. The molecule has 5 nitrogen and oxygen atoms in total. The topological polar surface area (TPSA) is 72.5 Å². The number of Topliss-reactive ketones (excluding diaryl/α,β-unsaturated/α-hetero) is 1. The van der Waals surface area contributed by atoms with Gasteiger partial charge >= 0.3 is 5.97 Å². The van der Waals surface area contributed by atoms with Crippen LogP contribution in [0.4, 0.5) is 0 Å². The summed E-state index contributed by atoms with van der Waals surface area (Å²) >= 11 is 1.06. The number of amides is 1. The van der Waals surface area contributed by atoms with Crippen molar-refractivity contribution >= 4 is 29.0 Å². The van der Waals surface area contributed by atoms with Gasteiger partial charge in [-0.2, -0.15) is 0 Å². The normalized spacial score (nSPS) is 12.7. The van der Waals surface area contributed by atoms with E-state index >= 15 is 0 Å². The first kappa shape index (κ1) is 16.4. The lowest BCUT2D eigenvalue weighted by Gasteiger charge is -2.23. The molecule has 0 bridgehead atoms. The number of rotatable bonds is 4. The van der Waals surface area contributed by atoms with Crippen LogP contribution in [0.3, 0.4) is 0 Å². The van der Waals surface area contributed by atoms with Crippen molar-refractivity contribution in [1.29, 1.82) is 0 Å². The van der Waals surface area contributed by atoms with Crippen molar-refractivity contribution in [1.82, 2.24) is 5.32 Å². The van der Waals surface area contributed by atoms with Crippen LogP contribution in [0.1, 0.15) is 54.0 Å². The van der Waals surface area contributed by atoms with Gasteiger partial charge in [-0.15, -0.1) is 11.3 Å². The molecule has 1 rings (SSSR count). The Morgan fingerprint density at radius 3 is 2.20 bits per heavy atom. The van der Waals surface area contributed by atoms with Crippen LogP contribution in [-0.2, 0) is 9.53 Å². The van der Waals surface area contributed by atoms with Crippen molar-refractivity contribution in [3.8, 4) is 0 Å². The van der Waals surface area contributed by atoms with Crippen LogP contribution in [0.2, 0.25) is 0 Å². The SMILES string of the molecule is CC(=O)c1ccc(C(=O)O[C@H](C)C(=O)NC(C)(C)C)s1. The highest BCUT2D eigenvalue weighted by molar-refractivity contribution is 7.15. The summed E-state index contributed by atoms with van der Waals surface area (Å²) in [5, 5.41) is 2.73. The van der Waals surface area contributed by atoms with Crippen LogP contribution in [0, 0.1) is 0 Å². The number of ketones is 1. The third kappa shape index (κ3) is 4.77. The summed E-state index contributed by atoms with van der Waals surface area (Å²) in [5.74, 6) is -1.05. The van der Waals surface area contributed by atoms with Gasteiger partial charge in [-0.1, -0.05) is 0 Å². The summed E-state index contributed by atoms with van der Waals surface area (Å²) in [4.78, 5) is 35.6. The molecule has 0 saturated heterocycles. The second-order valence-corrected chi connectivity index (χ2v) is 6.59. The van der Waals surface area contributed by atoms with Crippen molar-refractivity contribution < 1.29 is 19.1 Å². The number of esters is 1. The molecule has 0 unspecified atom stereocenters. The van der Waals surface area contributed by atoms with E-state index in [2.05, 4.69) is 5.32 Å². The first-order valence-corrected chi connectivity index (χ1v) is 7.05. The van der Waals surface area contributed by atoms with Crippen molar-refractivity contribution in [3.05, 3.63) is 21.9 Å². The number of hydrogen-bond acceptors (Lipinski definition) is 5. The van der Waals surface area contributed by atoms with Crippen LogP contribution in [0.5, 0.6) is 0 Å². The predicted molar refractivity (Wildman–Crippen MR) is 77.1 cm³/mol. The molecular formula is C14H19NO4S. The van der Waals surface area contributed by atoms with Crippen molar-refractivity contribution in [2.45, 2.75) is 46.3 Å². The molecule has 1 atom stereocenters. The van der Waals surface area contributed by atoms with E-state index < -0.39 is 12.1 Å². The zero-order valence-electron chi connectivity index (χ0n) is 12.3. The molecule has 1 heterocycles. The first-order valence-electron chi connectivity index (χ1n) is 6.24. The molecule has 1 aromatic heterocycles. The number of carbonyl (C=O) groups excluding carboxylic acids is 3. The minimum atomic E-state index is -0.885. The highest BCUT2D eigenvalue weighted by Gasteiger charge is 2.23. The standard InChI is InChI=1S/C14H19NO4S/c1-8(16)10-6-7-11(20-10)13(18)19-9(2)12(17)15-14(3,4)5/h6-7,9H,1-5H3,(H,15,17)/t9-/m1/s1. The number of nitrogens with one attached hydrogen (secondary N) is 1. The molecule has 1 aromatic rings. The fraction of sp³-hybridized carbons (Fsp3) is 0.500. The maximum absolute atomic E-state index is 11.9. The van der Waals surface area contributed by atoms with E-state index in [0.29, 0.717) is 9.75 Å². The summed E-state index contributed by atoms with van der Waals surface area (Å²) < 4.78 is 5.09. The largest absolute Gasteiger partial charge is 0.448 e. The van der Waals surface area contributed by atoms with E-state index in [-0.39, 0.29) is 17.2 Å². The minimum Gasteiger partial charge on any atom is -0.448 e. The maximum Gasteiger partial charge on any atom is 0.349 e. The Kier molecular flexibility index (Phi) is 5.05. The predicted octanol–water partition coefficient (Wildman–Crippen LogP) is 2.41. The highest BCUT2D eigenvalue weighted by atomic mass is 32.1. The third-order valence-corrected chi connectivity index (χ3v) is 3.47. The smallest absolute Gasteiger partial charge is 0.349 e. The fourth-order valence-corrected chi connectivity index (χ4v) is 2.16. The van der Waals surface area contributed by atoms with E-state index in [1.807, 2.05) is 20.8 Å². The molecule has 0 aliphatic heterocycles. The summed E-state index contributed by atoms with van der Waals surface area (Å²) in [6.45, 7) is 8.48. The molecular weight excluding hydrogens is 278 g/mol. The molecule has 110 valence electrons. The van der Waals surface area contributed by atoms with Gasteiger partial charge in [0.1, 0.15) is 4.88 Å². The number of hydrogen-bond donors (Lipinski definition) is 1. The molecule has 0 saturated carbocycles. The average molecular weight is 297 g/mol. The van der Waals surface area contributed by atoms with Gasteiger partial charge in [0.2, 0.25) is 0 Å². The van der Waals surface area contributed by atoms with Gasteiger partial charge in [0.05, 0.1) is 4.88 Å². The lowest BCUT2D eigenvalue weighted by Crippen LogP contribution is -2.46. The fourth-order valence-electron chi connectivity index (χ4n) is 1.38. The van der Waals surface area contributed by atoms with Gasteiger partial charge in [0.25, 0.3) is 5.91 Å². The molecule has 0 fully saturated rings. The Morgan fingerprint density at radius 2 is 1.75 bits per heavy atom. The second-order valence-electron chi connectivity index (χ2n) is 5.51. The van der Waals surface area contributed by atoms with Crippen LogP contribution < -0.4 is 5.32 Å². The second kappa shape index (κ2) is 6.17. The Balaban J connectivity index is 2.65. The molecule has 20 heavy (non-hydrogen) atoms. The molecule has 0 aromatic carbocycles. The third-order valence-electron chi connectivity index (χ3n) is 2.31. The first-order chi connectivity index (χ1) is 9.10. The Bertz CT molecular complexity index is 528. The van der Waals surface area contributed by atoms with Crippen LogP contribution in [0.25, 0.3) is 0 Å². The molecule has 0 aliphatic carbocycles. The summed E-state index contributed by atoms with van der Waals surface area (Å²) in [6, 6.07) is 3.10. The molecule has 0 radical (unpaired) electrons. The van der Waals surface area contributed by atoms with E-state index in [1.165, 1.54) is 19.9 Å². The van der Waals surface area contributed by atoms with E-state index in [9.17, 15) is 14.4 Å². The van der Waals surface area contributed by atoms with Gasteiger partial charge < -0.3 is 10.1 Å². The van der Waals surface area contributed by atoms with Crippen LogP contribution in [-0.4, -0.2) is 29.3 Å². The van der Waals surface area contributed by atoms with Crippen molar-refractivity contribution in [2.75, 3.05) is 0 Å². The van der Waals surface area contributed by atoms with Crippen molar-refractivity contribution in [3.63, 3.8) is 0 Å². The molecule has 0 aliphatic rings. The lowest BCUT2D eigenvalue weighted by atomic mass is 10.1. The summed E-state index contributed by atoms with van der Waals surface area (Å²) in [7, 11) is 0. The number of carbonyl (C=O) groups is 3. The highest BCUT2D eigenvalue weighted by Crippen LogP contribution is 2.18. The van der Waals surface area contributed by atoms with Crippen LogP contribution >= 0.6 is 11.3 Å². The minimum absolute atomic E-state index is 0.104. The Labute approximate surface area is 122 Å². The van der Waals surface area contributed by atoms with E-state index in [1.54, 1.807) is 6.07 Å². The monoisotopic (exact) mass is 297 g/mol. The van der Waals surface area contributed by atoms with Gasteiger partial charge in [-0.25, -0.2) is 4.79 Å². The zero-order chi connectivity index (χ0) is 15.5. The molecule has 0 spiro atoms. The summed E-state index contributed by atoms with van der Waals surface area (Å²) in [5.41, 5.74) is -0.386.